The second kappa shape index (κ2) is 8.15. The summed E-state index contributed by atoms with van der Waals surface area (Å²) in [5.74, 6) is 1.68. The summed E-state index contributed by atoms with van der Waals surface area (Å²) in [7, 11) is 3.17. The number of nitrogens with one attached hydrogen (secondary N) is 2. The lowest BCUT2D eigenvalue weighted by atomic mass is 10.2. The molecule has 1 amide bonds. The Hall–Kier alpha value is -3.65. The summed E-state index contributed by atoms with van der Waals surface area (Å²) < 4.78 is 10.7. The van der Waals surface area contributed by atoms with Crippen molar-refractivity contribution in [3.8, 4) is 11.5 Å². The van der Waals surface area contributed by atoms with Gasteiger partial charge in [0.2, 0.25) is 0 Å². The second-order valence-electron chi connectivity index (χ2n) is 6.08. The molecule has 0 spiro atoms. The van der Waals surface area contributed by atoms with Gasteiger partial charge in [-0.15, -0.1) is 11.3 Å². The van der Waals surface area contributed by atoms with Gasteiger partial charge < -0.3 is 20.1 Å². The average Bonchev–Trinajstić information content (AvgIpc) is 3.28. The Labute approximate surface area is 171 Å². The van der Waals surface area contributed by atoms with Gasteiger partial charge in [-0.25, -0.2) is 9.97 Å². The molecule has 0 fully saturated rings. The third kappa shape index (κ3) is 3.97. The summed E-state index contributed by atoms with van der Waals surface area (Å²) in [5.41, 5.74) is 2.19. The number of hydrogen-bond donors (Lipinski definition) is 2. The van der Waals surface area contributed by atoms with E-state index in [1.807, 2.05) is 41.8 Å². The smallest absolute Gasteiger partial charge is 0.265 e. The molecule has 0 aliphatic rings. The minimum Gasteiger partial charge on any atom is -0.493 e. The van der Waals surface area contributed by atoms with E-state index >= 15 is 0 Å². The number of benzene rings is 2. The molecule has 0 aliphatic carbocycles. The lowest BCUT2D eigenvalue weighted by Gasteiger charge is -2.13. The maximum atomic E-state index is 12.3. The molecule has 4 aromatic rings. The number of nitrogens with zero attached hydrogens (tertiary/aromatic N) is 2. The number of hydrogen-bond acceptors (Lipinski definition) is 7. The van der Waals surface area contributed by atoms with Crippen molar-refractivity contribution < 1.29 is 14.3 Å². The lowest BCUT2D eigenvalue weighted by molar-refractivity contribution is 0.103. The summed E-state index contributed by atoms with van der Waals surface area (Å²) in [6.45, 7) is 0. The van der Waals surface area contributed by atoms with Gasteiger partial charge in [0.15, 0.2) is 11.5 Å². The van der Waals surface area contributed by atoms with Crippen molar-refractivity contribution >= 4 is 45.3 Å². The van der Waals surface area contributed by atoms with E-state index < -0.39 is 0 Å². The largest absolute Gasteiger partial charge is 0.493 e. The molecule has 0 radical (unpaired) electrons. The van der Waals surface area contributed by atoms with Crippen molar-refractivity contribution in [1.29, 1.82) is 0 Å². The van der Waals surface area contributed by atoms with E-state index in [2.05, 4.69) is 20.6 Å². The lowest BCUT2D eigenvalue weighted by Crippen LogP contribution is -2.10. The highest BCUT2D eigenvalue weighted by Gasteiger charge is 2.12. The standard InChI is InChI=1S/C21H18N4O3S/c1-27-17-10-15-16(11-18(17)28-2)22-12-23-20(15)24-13-5-3-6-14(9-13)25-21(26)19-7-4-8-29-19/h3-12H,1-2H3,(H,25,26)(H,22,23,24). The van der Waals surface area contributed by atoms with Crippen molar-refractivity contribution in [2.75, 3.05) is 24.9 Å². The van der Waals surface area contributed by atoms with Crippen molar-refractivity contribution in [3.63, 3.8) is 0 Å². The van der Waals surface area contributed by atoms with Crippen LogP contribution < -0.4 is 20.1 Å². The normalized spacial score (nSPS) is 10.6. The number of fused-ring (bicyclic) bond motifs is 1. The highest BCUT2D eigenvalue weighted by atomic mass is 32.1. The number of amides is 1. The fraction of sp³-hybridized carbons (Fsp3) is 0.0952. The molecule has 0 atom stereocenters. The van der Waals surface area contributed by atoms with Crippen LogP contribution in [0.25, 0.3) is 10.9 Å². The Morgan fingerprint density at radius 2 is 1.76 bits per heavy atom. The number of anilines is 3. The van der Waals surface area contributed by atoms with Gasteiger partial charge in [0.05, 0.1) is 24.6 Å². The molecule has 2 N–H and O–H groups in total. The molecular weight excluding hydrogens is 388 g/mol. The van der Waals surface area contributed by atoms with Crippen LogP contribution in [0.15, 0.2) is 60.2 Å². The number of ether oxygens (including phenoxy) is 2. The van der Waals surface area contributed by atoms with Crippen molar-refractivity contribution in [2.24, 2.45) is 0 Å². The zero-order valence-electron chi connectivity index (χ0n) is 15.8. The van der Waals surface area contributed by atoms with Gasteiger partial charge in [-0.3, -0.25) is 4.79 Å². The van der Waals surface area contributed by atoms with E-state index in [9.17, 15) is 4.79 Å². The fourth-order valence-electron chi connectivity index (χ4n) is 2.89. The van der Waals surface area contributed by atoms with E-state index in [0.29, 0.717) is 27.9 Å². The molecule has 0 bridgehead atoms. The first-order chi connectivity index (χ1) is 14.2. The minimum absolute atomic E-state index is 0.138. The van der Waals surface area contributed by atoms with Gasteiger partial charge in [-0.2, -0.15) is 0 Å². The molecule has 0 saturated carbocycles. The topological polar surface area (TPSA) is 85.4 Å². The molecule has 2 aromatic heterocycles. The Bertz CT molecular complexity index is 1160. The van der Waals surface area contributed by atoms with E-state index in [4.69, 9.17) is 9.47 Å². The molecule has 4 rings (SSSR count). The number of carbonyl (C=O) groups excluding carboxylic acids is 1. The summed E-state index contributed by atoms with van der Waals surface area (Å²) in [5, 5.41) is 8.85. The first-order valence-corrected chi connectivity index (χ1v) is 9.64. The first-order valence-electron chi connectivity index (χ1n) is 8.76. The fourth-order valence-corrected chi connectivity index (χ4v) is 3.51. The molecule has 0 saturated heterocycles. The highest BCUT2D eigenvalue weighted by Crippen LogP contribution is 2.34. The van der Waals surface area contributed by atoms with Crippen LogP contribution in [0.4, 0.5) is 17.2 Å². The van der Waals surface area contributed by atoms with Crippen molar-refractivity contribution in [3.05, 3.63) is 65.1 Å². The number of methoxy groups -OCH3 is 2. The minimum atomic E-state index is -0.138. The Morgan fingerprint density at radius 3 is 2.52 bits per heavy atom. The molecule has 29 heavy (non-hydrogen) atoms. The van der Waals surface area contributed by atoms with Gasteiger partial charge in [0.25, 0.3) is 5.91 Å². The maximum Gasteiger partial charge on any atom is 0.265 e. The van der Waals surface area contributed by atoms with E-state index in [1.165, 1.54) is 17.7 Å². The molecule has 8 heteroatoms. The molecule has 0 aliphatic heterocycles. The van der Waals surface area contributed by atoms with Crippen molar-refractivity contribution in [2.45, 2.75) is 0 Å². The molecular formula is C21H18N4O3S. The first kappa shape index (κ1) is 18.7. The van der Waals surface area contributed by atoms with E-state index in [0.717, 1.165) is 16.6 Å². The van der Waals surface area contributed by atoms with Crippen LogP contribution in [0.5, 0.6) is 11.5 Å². The second-order valence-corrected chi connectivity index (χ2v) is 7.03. The molecule has 7 nitrogen and oxygen atoms in total. The molecule has 2 heterocycles. The maximum absolute atomic E-state index is 12.3. The molecule has 2 aromatic carbocycles. The predicted octanol–water partition coefficient (Wildman–Crippen LogP) is 4.70. The van der Waals surface area contributed by atoms with E-state index in [-0.39, 0.29) is 5.91 Å². The van der Waals surface area contributed by atoms with Crippen molar-refractivity contribution in [1.82, 2.24) is 9.97 Å². The van der Waals surface area contributed by atoms with Crippen LogP contribution in [0.3, 0.4) is 0 Å². The summed E-state index contributed by atoms with van der Waals surface area (Å²) in [6, 6.07) is 14.7. The quantitative estimate of drug-likeness (QED) is 0.483. The van der Waals surface area contributed by atoms with Gasteiger partial charge in [-0.1, -0.05) is 12.1 Å². The van der Waals surface area contributed by atoms with Crippen LogP contribution in [0, 0.1) is 0 Å². The van der Waals surface area contributed by atoms with Gasteiger partial charge in [-0.05, 0) is 35.7 Å². The Morgan fingerprint density at radius 1 is 0.966 bits per heavy atom. The Balaban J connectivity index is 1.62. The molecule has 146 valence electrons. The van der Waals surface area contributed by atoms with Crippen LogP contribution in [-0.2, 0) is 0 Å². The monoisotopic (exact) mass is 406 g/mol. The van der Waals surface area contributed by atoms with Crippen LogP contribution in [0.2, 0.25) is 0 Å². The SMILES string of the molecule is COc1cc2ncnc(Nc3cccc(NC(=O)c4cccs4)c3)c2cc1OC. The summed E-state index contributed by atoms with van der Waals surface area (Å²) >= 11 is 1.40. The van der Waals surface area contributed by atoms with Gasteiger partial charge in [0.1, 0.15) is 12.1 Å². The van der Waals surface area contributed by atoms with Gasteiger partial charge >= 0.3 is 0 Å². The zero-order chi connectivity index (χ0) is 20.2. The summed E-state index contributed by atoms with van der Waals surface area (Å²) in [4.78, 5) is 21.6. The highest BCUT2D eigenvalue weighted by molar-refractivity contribution is 7.12. The average molecular weight is 406 g/mol. The number of thiophene rings is 1. The number of aromatic nitrogens is 2. The predicted molar refractivity (Wildman–Crippen MR) is 115 cm³/mol. The third-order valence-corrected chi connectivity index (χ3v) is 5.14. The third-order valence-electron chi connectivity index (χ3n) is 4.27. The Kier molecular flexibility index (Phi) is 5.26. The van der Waals surface area contributed by atoms with E-state index in [1.54, 1.807) is 26.4 Å². The van der Waals surface area contributed by atoms with Gasteiger partial charge in [0, 0.05) is 22.8 Å². The number of rotatable bonds is 6. The summed E-state index contributed by atoms with van der Waals surface area (Å²) in [6.07, 6.45) is 1.49. The van der Waals surface area contributed by atoms with Crippen LogP contribution in [-0.4, -0.2) is 30.1 Å². The zero-order valence-corrected chi connectivity index (χ0v) is 16.6. The van der Waals surface area contributed by atoms with Crippen LogP contribution >= 0.6 is 11.3 Å². The van der Waals surface area contributed by atoms with Crippen LogP contribution in [0.1, 0.15) is 9.67 Å². The molecule has 0 unspecified atom stereocenters. The number of carbonyl (C=O) groups is 1.